The summed E-state index contributed by atoms with van der Waals surface area (Å²) in [5.41, 5.74) is 0.906. The standard InChI is InChI=1S/C60H95NO14/c1-14-44-34-52(59(10,15-2)74-44)72-48-27-25-43(32-51(48)70-12)31-39(6)50-35-47(62)38(5)30-41(8)54(64)55(71-13)53(63)40(7)29-36(3)21-17-16-18-22-37(4)49(69-11)33-45-26-24-42(9)60(68,75-45)56(65)57(66)61-28-20-19-23-46(61)58(67)73-50/h16-18,21-22,30,36,38-40,42-46,48-52,54-55,64,68H,14-15,19-20,23-29,31-35H2,1-13H3/b18-16+,21-17+,37-22+,41-30+/t36-,38-,39+,40-,42-,43?,44?,45+,46+,48?,49+,50+,51?,52?,54?,55+,59?,60-/m1/s1. The van der Waals surface area contributed by atoms with Crippen LogP contribution in [0.4, 0.5) is 0 Å². The van der Waals surface area contributed by atoms with Gasteiger partial charge in [-0.25, -0.2) is 4.79 Å². The third-order valence-electron chi connectivity index (χ3n) is 17.5. The summed E-state index contributed by atoms with van der Waals surface area (Å²) in [6.07, 6.45) is 15.1. The van der Waals surface area contributed by atoms with Crippen LogP contribution in [0.3, 0.4) is 0 Å². The van der Waals surface area contributed by atoms with Gasteiger partial charge in [0.1, 0.15) is 30.1 Å². The number of amides is 1. The van der Waals surface area contributed by atoms with Crippen molar-refractivity contribution in [1.29, 1.82) is 0 Å². The molecule has 2 bridgehead atoms. The van der Waals surface area contributed by atoms with Gasteiger partial charge in [0.15, 0.2) is 5.78 Å². The number of ether oxygens (including phenoxy) is 7. The Morgan fingerprint density at radius 3 is 2.23 bits per heavy atom. The van der Waals surface area contributed by atoms with Crippen LogP contribution in [0.2, 0.25) is 0 Å². The van der Waals surface area contributed by atoms with E-state index in [0.29, 0.717) is 56.9 Å². The zero-order valence-electron chi connectivity index (χ0n) is 47.8. The number of piperidine rings is 1. The van der Waals surface area contributed by atoms with Crippen molar-refractivity contribution in [3.8, 4) is 0 Å². The van der Waals surface area contributed by atoms with Crippen LogP contribution in [0.1, 0.15) is 166 Å². The summed E-state index contributed by atoms with van der Waals surface area (Å²) in [6.45, 7) is 19.3. The minimum Gasteiger partial charge on any atom is -0.460 e. The van der Waals surface area contributed by atoms with Crippen molar-refractivity contribution in [2.24, 2.45) is 35.5 Å². The van der Waals surface area contributed by atoms with Crippen LogP contribution in [0.25, 0.3) is 0 Å². The van der Waals surface area contributed by atoms with E-state index in [4.69, 9.17) is 33.2 Å². The number of methoxy groups -OCH3 is 3. The summed E-state index contributed by atoms with van der Waals surface area (Å²) in [7, 11) is 4.69. The number of Topliss-reactive ketones (excluding diaryl/α,β-unsaturated/α-hetero) is 3. The first-order valence-electron chi connectivity index (χ1n) is 28.4. The summed E-state index contributed by atoms with van der Waals surface area (Å²) in [5, 5.41) is 23.6. The second-order valence-electron chi connectivity index (χ2n) is 23.2. The van der Waals surface area contributed by atoms with E-state index in [9.17, 15) is 34.2 Å². The summed E-state index contributed by atoms with van der Waals surface area (Å²) in [4.78, 5) is 72.9. The average molecular weight is 1050 g/mol. The highest BCUT2D eigenvalue weighted by Gasteiger charge is 2.53. The Morgan fingerprint density at radius 1 is 0.827 bits per heavy atom. The molecular formula is C60H95NO14. The molecule has 18 atom stereocenters. The number of esters is 1. The van der Waals surface area contributed by atoms with Crippen molar-refractivity contribution < 1.29 is 67.3 Å². The van der Waals surface area contributed by atoms with Gasteiger partial charge in [-0.2, -0.15) is 0 Å². The van der Waals surface area contributed by atoms with E-state index in [1.165, 1.54) is 12.0 Å². The third kappa shape index (κ3) is 15.9. The quantitative estimate of drug-likeness (QED) is 0.120. The molecule has 15 nitrogen and oxygen atoms in total. The highest BCUT2D eigenvalue weighted by Crippen LogP contribution is 2.42. The molecule has 7 unspecified atom stereocenters. The second-order valence-corrected chi connectivity index (χ2v) is 23.2. The molecule has 4 fully saturated rings. The van der Waals surface area contributed by atoms with Gasteiger partial charge in [0.25, 0.3) is 11.7 Å². The normalized spacial score (nSPS) is 41.7. The second kappa shape index (κ2) is 28.5. The molecule has 75 heavy (non-hydrogen) atoms. The first kappa shape index (κ1) is 62.4. The Morgan fingerprint density at radius 2 is 1.56 bits per heavy atom. The minimum atomic E-state index is -2.43. The lowest BCUT2D eigenvalue weighted by molar-refractivity contribution is -0.265. The molecule has 0 radical (unpaired) electrons. The SMILES string of the molecule is CCC1CC(OC2CCC(C[C@H](C)[C@@H]3CC(=O)[C@H](C)/C=C(\C)C(O)[C@@H](OC)C(=O)[C@H](C)C[C@H](C)/C=C/C=C/C=C(\C)[C@@H](OC)C[C@@H]4CC[C@@H](C)[C@@](O)(O4)C(=O)C(=O)N4CCCC[C@H]4C(=O)O3)CC2OC)C(C)(CC)O1. The third-order valence-corrected chi connectivity index (χ3v) is 17.5. The monoisotopic (exact) mass is 1050 g/mol. The molecule has 15 heteroatoms. The fourth-order valence-electron chi connectivity index (χ4n) is 12.2. The van der Waals surface area contributed by atoms with Crippen molar-refractivity contribution in [2.45, 2.75) is 238 Å². The van der Waals surface area contributed by atoms with Crippen molar-refractivity contribution in [3.05, 3.63) is 47.6 Å². The number of allylic oxidation sites excluding steroid dienone is 6. The van der Waals surface area contributed by atoms with E-state index in [1.807, 2.05) is 58.1 Å². The lowest BCUT2D eigenvalue weighted by Crippen LogP contribution is -2.61. The van der Waals surface area contributed by atoms with E-state index < -0.39 is 77.8 Å². The number of ketones is 3. The van der Waals surface area contributed by atoms with Gasteiger partial charge < -0.3 is 48.3 Å². The van der Waals surface area contributed by atoms with Gasteiger partial charge in [-0.05, 0) is 127 Å². The van der Waals surface area contributed by atoms with Gasteiger partial charge in [-0.15, -0.1) is 0 Å². The molecule has 3 saturated heterocycles. The number of aliphatic hydroxyl groups is 2. The zero-order valence-corrected chi connectivity index (χ0v) is 47.8. The van der Waals surface area contributed by atoms with Crippen LogP contribution in [0, 0.1) is 35.5 Å². The molecule has 1 saturated carbocycles. The van der Waals surface area contributed by atoms with Crippen LogP contribution < -0.4 is 0 Å². The van der Waals surface area contributed by atoms with E-state index in [1.54, 1.807) is 41.1 Å². The molecule has 0 spiro atoms. The average Bonchev–Trinajstić information content (AvgIpc) is 3.72. The van der Waals surface area contributed by atoms with Crippen molar-refractivity contribution in [1.82, 2.24) is 4.90 Å². The van der Waals surface area contributed by atoms with E-state index in [-0.39, 0.29) is 78.7 Å². The molecule has 424 valence electrons. The summed E-state index contributed by atoms with van der Waals surface area (Å²) in [6, 6.07) is -1.14. The molecule has 0 aromatic heterocycles. The molecule has 4 aliphatic heterocycles. The Labute approximate surface area is 448 Å². The topological polar surface area (TPSA) is 194 Å². The zero-order chi connectivity index (χ0) is 55.4. The summed E-state index contributed by atoms with van der Waals surface area (Å²) in [5.74, 6) is -7.86. The van der Waals surface area contributed by atoms with E-state index in [0.717, 1.165) is 37.7 Å². The fraction of sp³-hybridized carbons (Fsp3) is 0.783. The predicted octanol–water partition coefficient (Wildman–Crippen LogP) is 8.94. The predicted molar refractivity (Wildman–Crippen MR) is 286 cm³/mol. The van der Waals surface area contributed by atoms with Gasteiger partial charge in [0.2, 0.25) is 5.79 Å². The number of aliphatic hydroxyl groups excluding tert-OH is 1. The first-order valence-corrected chi connectivity index (χ1v) is 28.4. The molecular weight excluding hydrogens is 959 g/mol. The van der Waals surface area contributed by atoms with Gasteiger partial charge >= 0.3 is 5.97 Å². The highest BCUT2D eigenvalue weighted by atomic mass is 16.6. The van der Waals surface area contributed by atoms with Gasteiger partial charge in [0.05, 0.1) is 42.2 Å². The Bertz CT molecular complexity index is 2050. The highest BCUT2D eigenvalue weighted by molar-refractivity contribution is 6.39. The van der Waals surface area contributed by atoms with Gasteiger partial charge in [-0.3, -0.25) is 19.2 Å². The lowest BCUT2D eigenvalue weighted by atomic mass is 9.78. The van der Waals surface area contributed by atoms with Crippen LogP contribution in [0.15, 0.2) is 47.6 Å². The lowest BCUT2D eigenvalue weighted by Gasteiger charge is -2.43. The number of cyclic esters (lactones) is 1. The Kier molecular flexibility index (Phi) is 23.7. The maximum atomic E-state index is 14.7. The summed E-state index contributed by atoms with van der Waals surface area (Å²) < 4.78 is 43.5. The number of nitrogens with zero attached hydrogens (tertiary/aromatic N) is 1. The number of hydrogen-bond acceptors (Lipinski definition) is 14. The first-order chi connectivity index (χ1) is 35.5. The Hall–Kier alpha value is -3.41. The summed E-state index contributed by atoms with van der Waals surface area (Å²) >= 11 is 0. The number of fused-ring (bicyclic) bond motifs is 3. The Balaban J connectivity index is 1.44. The van der Waals surface area contributed by atoms with Crippen molar-refractivity contribution in [3.63, 3.8) is 0 Å². The number of rotatable bonds is 10. The molecule has 4 heterocycles. The molecule has 0 aromatic carbocycles. The van der Waals surface area contributed by atoms with Gasteiger partial charge in [0, 0.05) is 64.9 Å². The smallest absolute Gasteiger partial charge is 0.329 e. The molecule has 1 aliphatic carbocycles. The number of carbonyl (C=O) groups is 5. The van der Waals surface area contributed by atoms with Crippen LogP contribution >= 0.6 is 0 Å². The van der Waals surface area contributed by atoms with E-state index in [2.05, 4.69) is 20.8 Å². The minimum absolute atomic E-state index is 0.0171. The maximum absolute atomic E-state index is 14.7. The molecule has 5 rings (SSSR count). The molecule has 2 N–H and O–H groups in total. The number of hydrogen-bond donors (Lipinski definition) is 2. The van der Waals surface area contributed by atoms with Crippen LogP contribution in [-0.2, 0) is 57.1 Å². The van der Waals surface area contributed by atoms with Crippen molar-refractivity contribution >= 4 is 29.2 Å². The fourth-order valence-corrected chi connectivity index (χ4v) is 12.2. The molecule has 1 amide bonds. The van der Waals surface area contributed by atoms with Crippen LogP contribution in [-0.4, -0.2) is 145 Å². The van der Waals surface area contributed by atoms with Crippen molar-refractivity contribution in [2.75, 3.05) is 27.9 Å². The maximum Gasteiger partial charge on any atom is 0.329 e. The van der Waals surface area contributed by atoms with E-state index >= 15 is 0 Å². The van der Waals surface area contributed by atoms with Crippen LogP contribution in [0.5, 0.6) is 0 Å². The van der Waals surface area contributed by atoms with Gasteiger partial charge in [-0.1, -0.05) is 84.9 Å². The molecule has 5 aliphatic rings. The number of carbonyl (C=O) groups excluding carboxylic acids is 5. The largest absolute Gasteiger partial charge is 0.460 e. The molecule has 0 aromatic rings.